The van der Waals surface area contributed by atoms with Crippen LogP contribution in [0.15, 0.2) is 24.3 Å². The summed E-state index contributed by atoms with van der Waals surface area (Å²) in [6, 6.07) is 7.41. The van der Waals surface area contributed by atoms with Crippen LogP contribution in [0, 0.1) is 0 Å². The number of carboxylic acid groups (broad SMARTS) is 1. The zero-order chi connectivity index (χ0) is 12.3. The molecule has 1 heterocycles. The number of hydrogen-bond acceptors (Lipinski definition) is 4. The molecule has 3 N–H and O–H groups in total. The standard InChI is InChI=1S/C12H16N2O3/c13-10-3-1-2-4-11(10)14(7-12(15)16)9-5-6-17-8-9/h1-4,9H,5-8,13H2,(H,15,16). The lowest BCUT2D eigenvalue weighted by molar-refractivity contribution is -0.135. The molecular formula is C12H16N2O3. The van der Waals surface area contributed by atoms with Crippen molar-refractivity contribution >= 4 is 17.3 Å². The molecule has 5 nitrogen and oxygen atoms in total. The maximum Gasteiger partial charge on any atom is 0.323 e. The Morgan fingerprint density at radius 3 is 2.88 bits per heavy atom. The van der Waals surface area contributed by atoms with Gasteiger partial charge in [0, 0.05) is 6.61 Å². The lowest BCUT2D eigenvalue weighted by Gasteiger charge is -2.29. The molecule has 0 bridgehead atoms. The molecule has 5 heteroatoms. The molecule has 1 saturated heterocycles. The quantitative estimate of drug-likeness (QED) is 0.761. The van der Waals surface area contributed by atoms with Crippen LogP contribution in [0.1, 0.15) is 6.42 Å². The summed E-state index contributed by atoms with van der Waals surface area (Å²) in [5, 5.41) is 8.97. The van der Waals surface area contributed by atoms with Crippen LogP contribution in [0.3, 0.4) is 0 Å². The van der Waals surface area contributed by atoms with Gasteiger partial charge in [0.2, 0.25) is 0 Å². The molecule has 0 aromatic heterocycles. The average Bonchev–Trinajstić information content (AvgIpc) is 2.80. The van der Waals surface area contributed by atoms with Crippen LogP contribution in [0.2, 0.25) is 0 Å². The van der Waals surface area contributed by atoms with Crippen LogP contribution in [-0.4, -0.2) is 36.9 Å². The first-order chi connectivity index (χ1) is 8.18. The lowest BCUT2D eigenvalue weighted by atomic mass is 10.1. The van der Waals surface area contributed by atoms with Crippen molar-refractivity contribution in [3.8, 4) is 0 Å². The molecule has 1 atom stereocenters. The van der Waals surface area contributed by atoms with Crippen molar-refractivity contribution in [2.24, 2.45) is 0 Å². The van der Waals surface area contributed by atoms with Gasteiger partial charge in [0.1, 0.15) is 6.54 Å². The van der Waals surface area contributed by atoms with Crippen molar-refractivity contribution in [3.63, 3.8) is 0 Å². The SMILES string of the molecule is Nc1ccccc1N(CC(=O)O)C1CCOC1. The molecule has 0 amide bonds. The van der Waals surface area contributed by atoms with Crippen LogP contribution < -0.4 is 10.6 Å². The molecule has 1 aromatic carbocycles. The van der Waals surface area contributed by atoms with Crippen molar-refractivity contribution in [2.45, 2.75) is 12.5 Å². The Balaban J connectivity index is 2.25. The van der Waals surface area contributed by atoms with E-state index < -0.39 is 5.97 Å². The molecule has 1 aromatic rings. The van der Waals surface area contributed by atoms with Crippen molar-refractivity contribution < 1.29 is 14.6 Å². The average molecular weight is 236 g/mol. The molecule has 2 rings (SSSR count). The highest BCUT2D eigenvalue weighted by atomic mass is 16.5. The number of carbonyl (C=O) groups is 1. The van der Waals surface area contributed by atoms with E-state index in [1.165, 1.54) is 0 Å². The summed E-state index contributed by atoms with van der Waals surface area (Å²) in [5.74, 6) is -0.861. The van der Waals surface area contributed by atoms with Gasteiger partial charge < -0.3 is 20.5 Å². The highest BCUT2D eigenvalue weighted by Gasteiger charge is 2.26. The fraction of sp³-hybridized carbons (Fsp3) is 0.417. The van der Waals surface area contributed by atoms with Crippen LogP contribution >= 0.6 is 0 Å². The number of nitrogen functional groups attached to an aromatic ring is 1. The normalized spacial score (nSPS) is 19.2. The van der Waals surface area contributed by atoms with Gasteiger partial charge in [-0.25, -0.2) is 0 Å². The molecular weight excluding hydrogens is 220 g/mol. The van der Waals surface area contributed by atoms with E-state index in [4.69, 9.17) is 15.6 Å². The highest BCUT2D eigenvalue weighted by molar-refractivity contribution is 5.77. The second-order valence-corrected chi connectivity index (χ2v) is 4.10. The largest absolute Gasteiger partial charge is 0.480 e. The van der Waals surface area contributed by atoms with Crippen molar-refractivity contribution in [2.75, 3.05) is 30.4 Å². The Morgan fingerprint density at radius 2 is 2.29 bits per heavy atom. The molecule has 1 fully saturated rings. The smallest absolute Gasteiger partial charge is 0.323 e. The number of rotatable bonds is 4. The molecule has 17 heavy (non-hydrogen) atoms. The number of ether oxygens (including phenoxy) is 1. The minimum Gasteiger partial charge on any atom is -0.480 e. The second kappa shape index (κ2) is 5.05. The van der Waals surface area contributed by atoms with Crippen LogP contribution in [-0.2, 0) is 9.53 Å². The fourth-order valence-corrected chi connectivity index (χ4v) is 2.07. The van der Waals surface area contributed by atoms with Gasteiger partial charge in [-0.3, -0.25) is 4.79 Å². The molecule has 1 aliphatic heterocycles. The first-order valence-corrected chi connectivity index (χ1v) is 5.59. The number of anilines is 2. The van der Waals surface area contributed by atoms with Gasteiger partial charge in [0.05, 0.1) is 24.0 Å². The third-order valence-electron chi connectivity index (χ3n) is 2.90. The van der Waals surface area contributed by atoms with Crippen molar-refractivity contribution in [3.05, 3.63) is 24.3 Å². The monoisotopic (exact) mass is 236 g/mol. The van der Waals surface area contributed by atoms with E-state index in [2.05, 4.69) is 0 Å². The summed E-state index contributed by atoms with van der Waals surface area (Å²) in [5.41, 5.74) is 7.26. The molecule has 1 unspecified atom stereocenters. The number of hydrogen-bond donors (Lipinski definition) is 2. The van der Waals surface area contributed by atoms with Crippen LogP contribution in [0.5, 0.6) is 0 Å². The third-order valence-corrected chi connectivity index (χ3v) is 2.90. The van der Waals surface area contributed by atoms with E-state index in [1.807, 2.05) is 23.1 Å². The molecule has 0 saturated carbocycles. The summed E-state index contributed by atoms with van der Waals surface area (Å²) >= 11 is 0. The first-order valence-electron chi connectivity index (χ1n) is 5.59. The second-order valence-electron chi connectivity index (χ2n) is 4.10. The Hall–Kier alpha value is -1.75. The predicted octanol–water partition coefficient (Wildman–Crippen LogP) is 0.949. The van der Waals surface area contributed by atoms with Crippen LogP contribution in [0.25, 0.3) is 0 Å². The number of nitrogens with two attached hydrogens (primary N) is 1. The number of carboxylic acids is 1. The minimum atomic E-state index is -0.861. The van der Waals surface area contributed by atoms with Gasteiger partial charge in [-0.2, -0.15) is 0 Å². The Bertz CT molecular complexity index is 402. The first kappa shape index (κ1) is 11.7. The van der Waals surface area contributed by atoms with E-state index in [1.54, 1.807) is 6.07 Å². The lowest BCUT2D eigenvalue weighted by Crippen LogP contribution is -2.40. The van der Waals surface area contributed by atoms with E-state index in [9.17, 15) is 4.79 Å². The van der Waals surface area contributed by atoms with Gasteiger partial charge >= 0.3 is 5.97 Å². The van der Waals surface area contributed by atoms with Gasteiger partial charge in [0.25, 0.3) is 0 Å². The number of aliphatic carboxylic acids is 1. The highest BCUT2D eigenvalue weighted by Crippen LogP contribution is 2.27. The summed E-state index contributed by atoms with van der Waals surface area (Å²) in [6.07, 6.45) is 0.835. The van der Waals surface area contributed by atoms with E-state index in [0.717, 1.165) is 12.1 Å². The number of para-hydroxylation sites is 2. The summed E-state index contributed by atoms with van der Waals surface area (Å²) < 4.78 is 5.31. The van der Waals surface area contributed by atoms with Crippen LogP contribution in [0.4, 0.5) is 11.4 Å². The zero-order valence-corrected chi connectivity index (χ0v) is 9.50. The maximum atomic E-state index is 10.9. The van der Waals surface area contributed by atoms with Crippen molar-refractivity contribution in [1.82, 2.24) is 0 Å². The summed E-state index contributed by atoms with van der Waals surface area (Å²) in [4.78, 5) is 12.7. The Morgan fingerprint density at radius 1 is 1.53 bits per heavy atom. The van der Waals surface area contributed by atoms with E-state index in [0.29, 0.717) is 18.9 Å². The number of benzene rings is 1. The molecule has 92 valence electrons. The molecule has 1 aliphatic rings. The summed E-state index contributed by atoms with van der Waals surface area (Å²) in [7, 11) is 0. The molecule has 0 aliphatic carbocycles. The van der Waals surface area contributed by atoms with Gasteiger partial charge in [-0.15, -0.1) is 0 Å². The maximum absolute atomic E-state index is 10.9. The topological polar surface area (TPSA) is 75.8 Å². The van der Waals surface area contributed by atoms with Crippen molar-refractivity contribution in [1.29, 1.82) is 0 Å². The summed E-state index contributed by atoms with van der Waals surface area (Å²) in [6.45, 7) is 1.18. The van der Waals surface area contributed by atoms with E-state index >= 15 is 0 Å². The molecule has 0 radical (unpaired) electrons. The molecule has 0 spiro atoms. The predicted molar refractivity (Wildman–Crippen MR) is 65.1 cm³/mol. The van der Waals surface area contributed by atoms with Gasteiger partial charge in [-0.1, -0.05) is 12.1 Å². The minimum absolute atomic E-state index is 0.0533. The zero-order valence-electron chi connectivity index (χ0n) is 9.50. The van der Waals surface area contributed by atoms with E-state index in [-0.39, 0.29) is 12.6 Å². The van der Waals surface area contributed by atoms with Gasteiger partial charge in [0.15, 0.2) is 0 Å². The fourth-order valence-electron chi connectivity index (χ4n) is 2.07. The Labute approximate surface area is 99.8 Å². The van der Waals surface area contributed by atoms with Gasteiger partial charge in [-0.05, 0) is 18.6 Å². The third kappa shape index (κ3) is 2.68. The Kier molecular flexibility index (Phi) is 3.49. The number of nitrogens with zero attached hydrogens (tertiary/aromatic N) is 1.